The highest BCUT2D eigenvalue weighted by atomic mass is 35.5. The Bertz CT molecular complexity index is 593. The van der Waals surface area contributed by atoms with Crippen LogP contribution in [0.15, 0.2) is 42.7 Å². The minimum atomic E-state index is -0.124. The third kappa shape index (κ3) is 2.78. The lowest BCUT2D eigenvalue weighted by atomic mass is 10.1. The van der Waals surface area contributed by atoms with Crippen molar-refractivity contribution in [3.05, 3.63) is 63.9 Å². The molecule has 1 atom stereocenters. The number of benzene rings is 1. The van der Waals surface area contributed by atoms with Crippen molar-refractivity contribution in [3.8, 4) is 0 Å². The molecular weight excluding hydrogens is 297 g/mol. The maximum Gasteiger partial charge on any atom is 0.116 e. The van der Waals surface area contributed by atoms with Crippen LogP contribution in [-0.2, 0) is 6.54 Å². The fraction of sp³-hybridized carbons (Fsp3) is 0.154. The second kappa shape index (κ2) is 6.05. The molecule has 3 N–H and O–H groups in total. The van der Waals surface area contributed by atoms with Crippen LogP contribution in [0.1, 0.15) is 17.3 Å². The van der Waals surface area contributed by atoms with Crippen molar-refractivity contribution >= 4 is 23.2 Å². The lowest BCUT2D eigenvalue weighted by molar-refractivity contribution is 0.164. The van der Waals surface area contributed by atoms with Gasteiger partial charge >= 0.3 is 0 Å². The van der Waals surface area contributed by atoms with E-state index in [1.807, 2.05) is 35.5 Å². The molecule has 2 heterocycles. The van der Waals surface area contributed by atoms with E-state index in [1.165, 1.54) is 0 Å². The molecule has 7 heteroatoms. The first-order valence-corrected chi connectivity index (χ1v) is 6.87. The Morgan fingerprint density at radius 1 is 1.20 bits per heavy atom. The molecule has 0 unspecified atom stereocenters. The minimum Gasteiger partial charge on any atom is -0.264 e. The fourth-order valence-corrected chi connectivity index (χ4v) is 2.52. The maximum atomic E-state index is 6.28. The number of aromatic nitrogens is 1. The minimum absolute atomic E-state index is 0.124. The van der Waals surface area contributed by atoms with Gasteiger partial charge < -0.3 is 0 Å². The zero-order valence-corrected chi connectivity index (χ0v) is 12.0. The van der Waals surface area contributed by atoms with E-state index in [4.69, 9.17) is 23.2 Å². The van der Waals surface area contributed by atoms with Gasteiger partial charge in [-0.25, -0.2) is 10.4 Å². The van der Waals surface area contributed by atoms with Gasteiger partial charge in [0.15, 0.2) is 0 Å². The van der Waals surface area contributed by atoms with Gasteiger partial charge in [-0.15, -0.1) is 0 Å². The first kappa shape index (κ1) is 13.8. The van der Waals surface area contributed by atoms with Crippen molar-refractivity contribution in [1.29, 1.82) is 0 Å². The van der Waals surface area contributed by atoms with Gasteiger partial charge in [-0.05, 0) is 17.7 Å². The Morgan fingerprint density at radius 3 is 2.90 bits per heavy atom. The molecule has 104 valence electrons. The zero-order valence-electron chi connectivity index (χ0n) is 10.5. The van der Waals surface area contributed by atoms with Crippen LogP contribution < -0.4 is 16.5 Å². The molecule has 1 aromatic heterocycles. The SMILES string of the molecule is Clc1cccc([C@@H]2NNNN2Cc2cccnc2)c1Cl. The van der Waals surface area contributed by atoms with Crippen molar-refractivity contribution in [3.63, 3.8) is 0 Å². The maximum absolute atomic E-state index is 6.28. The molecule has 0 bridgehead atoms. The molecule has 1 aliphatic heterocycles. The van der Waals surface area contributed by atoms with Gasteiger partial charge in [0, 0.05) is 24.5 Å². The van der Waals surface area contributed by atoms with Gasteiger partial charge in [0.05, 0.1) is 10.0 Å². The Morgan fingerprint density at radius 2 is 2.10 bits per heavy atom. The van der Waals surface area contributed by atoms with Crippen LogP contribution in [0, 0.1) is 0 Å². The highest BCUT2D eigenvalue weighted by Gasteiger charge is 2.27. The number of hydrogen-bond donors (Lipinski definition) is 3. The third-order valence-electron chi connectivity index (χ3n) is 3.07. The Kier molecular flexibility index (Phi) is 4.16. The van der Waals surface area contributed by atoms with E-state index in [2.05, 4.69) is 21.5 Å². The van der Waals surface area contributed by atoms with E-state index >= 15 is 0 Å². The lowest BCUT2D eigenvalue weighted by Crippen LogP contribution is -2.36. The Balaban J connectivity index is 1.84. The molecule has 0 aliphatic carbocycles. The summed E-state index contributed by atoms with van der Waals surface area (Å²) in [5.41, 5.74) is 11.0. The molecule has 0 saturated carbocycles. The number of pyridine rings is 1. The monoisotopic (exact) mass is 309 g/mol. The Labute approximate surface area is 126 Å². The summed E-state index contributed by atoms with van der Waals surface area (Å²) >= 11 is 12.3. The Hall–Kier alpha value is -1.21. The first-order chi connectivity index (χ1) is 9.75. The van der Waals surface area contributed by atoms with Gasteiger partial charge in [-0.3, -0.25) is 4.98 Å². The number of hydrogen-bond acceptors (Lipinski definition) is 5. The summed E-state index contributed by atoms with van der Waals surface area (Å²) in [5.74, 6) is 0. The van der Waals surface area contributed by atoms with E-state index in [9.17, 15) is 0 Å². The summed E-state index contributed by atoms with van der Waals surface area (Å²) in [4.78, 5) is 4.11. The zero-order chi connectivity index (χ0) is 13.9. The smallest absolute Gasteiger partial charge is 0.116 e. The summed E-state index contributed by atoms with van der Waals surface area (Å²) in [5, 5.41) is 3.07. The number of nitrogens with zero attached hydrogens (tertiary/aromatic N) is 2. The van der Waals surface area contributed by atoms with Crippen molar-refractivity contribution in [2.75, 3.05) is 0 Å². The lowest BCUT2D eigenvalue weighted by Gasteiger charge is -2.23. The fourth-order valence-electron chi connectivity index (χ4n) is 2.11. The summed E-state index contributed by atoms with van der Waals surface area (Å²) < 4.78 is 0. The van der Waals surface area contributed by atoms with E-state index in [0.29, 0.717) is 16.6 Å². The highest BCUT2D eigenvalue weighted by Crippen LogP contribution is 2.32. The van der Waals surface area contributed by atoms with Gasteiger partial charge in [-0.2, -0.15) is 11.1 Å². The van der Waals surface area contributed by atoms with Gasteiger partial charge in [0.1, 0.15) is 6.17 Å². The predicted molar refractivity (Wildman–Crippen MR) is 78.4 cm³/mol. The molecule has 0 amide bonds. The standard InChI is InChI=1S/C13H13Cl2N5/c14-11-5-1-4-10(12(11)15)13-17-18-19-20(13)8-9-3-2-6-16-7-9/h1-7,13,17-19H,8H2/t13-/m1/s1. The van der Waals surface area contributed by atoms with Crippen LogP contribution in [-0.4, -0.2) is 9.99 Å². The second-order valence-corrected chi connectivity index (χ2v) is 5.20. The molecular formula is C13H13Cl2N5. The van der Waals surface area contributed by atoms with Gasteiger partial charge in [-0.1, -0.05) is 41.4 Å². The van der Waals surface area contributed by atoms with Crippen LogP contribution in [0.5, 0.6) is 0 Å². The van der Waals surface area contributed by atoms with Crippen molar-refractivity contribution in [2.24, 2.45) is 0 Å². The molecule has 20 heavy (non-hydrogen) atoms. The van der Waals surface area contributed by atoms with Crippen molar-refractivity contribution in [1.82, 2.24) is 26.5 Å². The number of nitrogens with one attached hydrogen (secondary N) is 3. The summed E-state index contributed by atoms with van der Waals surface area (Å²) in [7, 11) is 0. The average Bonchev–Trinajstić information content (AvgIpc) is 2.91. The third-order valence-corrected chi connectivity index (χ3v) is 3.91. The molecule has 2 aromatic rings. The summed E-state index contributed by atoms with van der Waals surface area (Å²) in [6.45, 7) is 0.668. The molecule has 1 saturated heterocycles. The average molecular weight is 310 g/mol. The molecule has 1 fully saturated rings. The first-order valence-electron chi connectivity index (χ1n) is 6.11. The van der Waals surface area contributed by atoms with Crippen LogP contribution in [0.3, 0.4) is 0 Å². The second-order valence-electron chi connectivity index (χ2n) is 4.42. The summed E-state index contributed by atoms with van der Waals surface area (Å²) in [6.07, 6.45) is 3.46. The number of halogens is 2. The van der Waals surface area contributed by atoms with Crippen LogP contribution in [0.25, 0.3) is 0 Å². The normalized spacial score (nSPS) is 19.4. The molecule has 5 nitrogen and oxygen atoms in total. The molecule has 0 spiro atoms. The van der Waals surface area contributed by atoms with E-state index in [1.54, 1.807) is 12.3 Å². The van der Waals surface area contributed by atoms with E-state index in [-0.39, 0.29) is 6.17 Å². The van der Waals surface area contributed by atoms with Gasteiger partial charge in [0.25, 0.3) is 0 Å². The molecule has 0 radical (unpaired) electrons. The highest BCUT2D eigenvalue weighted by molar-refractivity contribution is 6.42. The van der Waals surface area contributed by atoms with Gasteiger partial charge in [0.2, 0.25) is 0 Å². The van der Waals surface area contributed by atoms with Crippen LogP contribution >= 0.6 is 23.2 Å². The topological polar surface area (TPSA) is 52.2 Å². The van der Waals surface area contributed by atoms with Crippen molar-refractivity contribution in [2.45, 2.75) is 12.7 Å². The summed E-state index contributed by atoms with van der Waals surface area (Å²) in [6, 6.07) is 9.52. The number of rotatable bonds is 3. The molecule has 1 aromatic carbocycles. The molecule has 3 rings (SSSR count). The van der Waals surface area contributed by atoms with Crippen LogP contribution in [0.4, 0.5) is 0 Å². The predicted octanol–water partition coefficient (Wildman–Crippen LogP) is 2.42. The van der Waals surface area contributed by atoms with Crippen LogP contribution in [0.2, 0.25) is 10.0 Å². The van der Waals surface area contributed by atoms with E-state index in [0.717, 1.165) is 11.1 Å². The molecule has 1 aliphatic rings. The van der Waals surface area contributed by atoms with E-state index < -0.39 is 0 Å². The van der Waals surface area contributed by atoms with Crippen molar-refractivity contribution < 1.29 is 0 Å². The quantitative estimate of drug-likeness (QED) is 0.813. The largest absolute Gasteiger partial charge is 0.264 e. The number of hydrazine groups is 3.